The molecule has 2 heterocycles. The number of nitrogens with zero attached hydrogens (tertiary/aromatic N) is 3. The Hall–Kier alpha value is -1.22. The Morgan fingerprint density at radius 2 is 2.11 bits per heavy atom. The summed E-state index contributed by atoms with van der Waals surface area (Å²) < 4.78 is 11.0. The van der Waals surface area contributed by atoms with Gasteiger partial charge in [0.25, 0.3) is 0 Å². The average molecular weight is 488 g/mol. The highest BCUT2D eigenvalue weighted by molar-refractivity contribution is 14.0. The Morgan fingerprint density at radius 1 is 1.30 bits per heavy atom. The van der Waals surface area contributed by atoms with E-state index in [2.05, 4.69) is 40.2 Å². The molecule has 0 saturated carbocycles. The number of methoxy groups -OCH3 is 1. The van der Waals surface area contributed by atoms with Crippen LogP contribution in [0.25, 0.3) is 0 Å². The molecule has 3 rings (SSSR count). The molecule has 0 amide bonds. The van der Waals surface area contributed by atoms with E-state index in [9.17, 15) is 0 Å². The number of hydrogen-bond donors (Lipinski definition) is 1. The van der Waals surface area contributed by atoms with Gasteiger partial charge < -0.3 is 24.6 Å². The molecule has 0 spiro atoms. The number of aliphatic imine (C=N–C) groups is 1. The van der Waals surface area contributed by atoms with E-state index in [0.29, 0.717) is 6.10 Å². The molecule has 1 aromatic rings. The molecule has 0 aliphatic carbocycles. The van der Waals surface area contributed by atoms with E-state index >= 15 is 0 Å². The number of ether oxygens (including phenoxy) is 2. The van der Waals surface area contributed by atoms with Crippen LogP contribution in [0.4, 0.5) is 5.69 Å². The minimum absolute atomic E-state index is 0. The van der Waals surface area contributed by atoms with Crippen molar-refractivity contribution in [2.45, 2.75) is 32.3 Å². The van der Waals surface area contributed by atoms with Crippen molar-refractivity contribution in [3.8, 4) is 5.75 Å². The van der Waals surface area contributed by atoms with Gasteiger partial charge >= 0.3 is 0 Å². The molecule has 0 radical (unpaired) electrons. The number of guanidine groups is 1. The Kier molecular flexibility index (Phi) is 9.47. The van der Waals surface area contributed by atoms with E-state index in [1.54, 1.807) is 7.11 Å². The number of benzene rings is 1. The molecule has 152 valence electrons. The third-order valence-corrected chi connectivity index (χ3v) is 5.07. The van der Waals surface area contributed by atoms with E-state index in [0.717, 1.165) is 64.0 Å². The minimum Gasteiger partial charge on any atom is -0.497 e. The van der Waals surface area contributed by atoms with E-state index in [-0.39, 0.29) is 24.0 Å². The van der Waals surface area contributed by atoms with Gasteiger partial charge in [-0.3, -0.25) is 4.99 Å². The van der Waals surface area contributed by atoms with Gasteiger partial charge in [-0.15, -0.1) is 24.0 Å². The first-order chi connectivity index (χ1) is 12.8. The van der Waals surface area contributed by atoms with Crippen LogP contribution in [-0.2, 0) is 4.74 Å². The van der Waals surface area contributed by atoms with Gasteiger partial charge in [-0.1, -0.05) is 6.07 Å². The summed E-state index contributed by atoms with van der Waals surface area (Å²) in [7, 11) is 1.72. The molecule has 2 saturated heterocycles. The summed E-state index contributed by atoms with van der Waals surface area (Å²) in [5.74, 6) is 1.95. The Balaban J connectivity index is 0.00000261. The number of halogens is 1. The first-order valence-corrected chi connectivity index (χ1v) is 9.84. The van der Waals surface area contributed by atoms with E-state index in [4.69, 9.17) is 14.5 Å². The van der Waals surface area contributed by atoms with Crippen molar-refractivity contribution < 1.29 is 9.47 Å². The summed E-state index contributed by atoms with van der Waals surface area (Å²) in [6.07, 6.45) is 3.82. The minimum atomic E-state index is 0. The zero-order chi connectivity index (χ0) is 18.2. The standard InChI is InChI=1S/C20H32N4O2.HI/c1-3-21-20(22-10-9-18-8-5-15-26-18)24-13-11-23(12-14-24)17-6-4-7-19(16-17)25-2;/h4,6-7,16,18H,3,5,8-15H2,1-2H3,(H,21,22);1H. The van der Waals surface area contributed by atoms with Crippen LogP contribution in [-0.4, -0.2) is 69.9 Å². The molecule has 7 heteroatoms. The predicted octanol–water partition coefficient (Wildman–Crippen LogP) is 2.97. The van der Waals surface area contributed by atoms with Gasteiger partial charge in [-0.2, -0.15) is 0 Å². The number of rotatable bonds is 6. The summed E-state index contributed by atoms with van der Waals surface area (Å²) in [6.45, 7) is 8.71. The van der Waals surface area contributed by atoms with Gasteiger partial charge in [0.2, 0.25) is 0 Å². The largest absolute Gasteiger partial charge is 0.497 e. The molecule has 6 nitrogen and oxygen atoms in total. The lowest BCUT2D eigenvalue weighted by Crippen LogP contribution is -2.52. The summed E-state index contributed by atoms with van der Waals surface area (Å²) >= 11 is 0. The summed E-state index contributed by atoms with van der Waals surface area (Å²) in [5, 5.41) is 3.45. The highest BCUT2D eigenvalue weighted by atomic mass is 127. The van der Waals surface area contributed by atoms with Gasteiger partial charge in [-0.05, 0) is 38.3 Å². The van der Waals surface area contributed by atoms with Crippen LogP contribution in [0.15, 0.2) is 29.3 Å². The first-order valence-electron chi connectivity index (χ1n) is 9.84. The zero-order valence-corrected chi connectivity index (χ0v) is 18.9. The SMILES string of the molecule is CCNC(=NCCC1CCCO1)N1CCN(c2cccc(OC)c2)CC1.I. The van der Waals surface area contributed by atoms with E-state index in [1.165, 1.54) is 18.5 Å². The smallest absolute Gasteiger partial charge is 0.194 e. The lowest BCUT2D eigenvalue weighted by atomic mass is 10.2. The molecule has 1 atom stereocenters. The summed E-state index contributed by atoms with van der Waals surface area (Å²) in [6, 6.07) is 8.30. The van der Waals surface area contributed by atoms with Crippen LogP contribution in [0, 0.1) is 0 Å². The fourth-order valence-electron chi connectivity index (χ4n) is 3.60. The van der Waals surface area contributed by atoms with Crippen LogP contribution in [0.5, 0.6) is 5.75 Å². The third-order valence-electron chi connectivity index (χ3n) is 5.07. The topological polar surface area (TPSA) is 49.3 Å². The third kappa shape index (κ3) is 6.41. The van der Waals surface area contributed by atoms with E-state index in [1.807, 2.05) is 6.07 Å². The van der Waals surface area contributed by atoms with Crippen LogP contribution in [0.2, 0.25) is 0 Å². The van der Waals surface area contributed by atoms with Crippen molar-refractivity contribution in [2.24, 2.45) is 4.99 Å². The number of nitrogens with one attached hydrogen (secondary N) is 1. The van der Waals surface area contributed by atoms with Crippen LogP contribution in [0.3, 0.4) is 0 Å². The van der Waals surface area contributed by atoms with Crippen LogP contribution in [0.1, 0.15) is 26.2 Å². The van der Waals surface area contributed by atoms with Crippen LogP contribution < -0.4 is 15.0 Å². The molecule has 2 aliphatic rings. The number of hydrogen-bond acceptors (Lipinski definition) is 4. The molecule has 1 unspecified atom stereocenters. The van der Waals surface area contributed by atoms with Crippen LogP contribution >= 0.6 is 24.0 Å². The quantitative estimate of drug-likeness (QED) is 0.379. The lowest BCUT2D eigenvalue weighted by molar-refractivity contribution is 0.106. The Labute approximate surface area is 180 Å². The molecular formula is C20H33IN4O2. The summed E-state index contributed by atoms with van der Waals surface area (Å²) in [5.41, 5.74) is 1.23. The van der Waals surface area contributed by atoms with Gasteiger partial charge in [0, 0.05) is 57.6 Å². The van der Waals surface area contributed by atoms with Gasteiger partial charge in [0.15, 0.2) is 5.96 Å². The summed E-state index contributed by atoms with van der Waals surface area (Å²) in [4.78, 5) is 9.62. The molecule has 1 aromatic carbocycles. The molecule has 27 heavy (non-hydrogen) atoms. The van der Waals surface area contributed by atoms with E-state index < -0.39 is 0 Å². The molecule has 2 fully saturated rings. The maximum Gasteiger partial charge on any atom is 0.194 e. The highest BCUT2D eigenvalue weighted by Crippen LogP contribution is 2.22. The van der Waals surface area contributed by atoms with Crippen molar-refractivity contribution in [2.75, 3.05) is 57.9 Å². The lowest BCUT2D eigenvalue weighted by Gasteiger charge is -2.37. The molecule has 0 bridgehead atoms. The van der Waals surface area contributed by atoms with Gasteiger partial charge in [0.1, 0.15) is 5.75 Å². The fraction of sp³-hybridized carbons (Fsp3) is 0.650. The second-order valence-electron chi connectivity index (χ2n) is 6.83. The van der Waals surface area contributed by atoms with Gasteiger partial charge in [-0.25, -0.2) is 0 Å². The van der Waals surface area contributed by atoms with Crippen molar-refractivity contribution >= 4 is 35.6 Å². The molecule has 1 N–H and O–H groups in total. The van der Waals surface area contributed by atoms with Crippen molar-refractivity contribution in [1.82, 2.24) is 10.2 Å². The monoisotopic (exact) mass is 488 g/mol. The average Bonchev–Trinajstić information content (AvgIpc) is 3.21. The second kappa shape index (κ2) is 11.6. The maximum atomic E-state index is 5.70. The molecular weight excluding hydrogens is 455 g/mol. The first kappa shape index (κ1) is 22.1. The Morgan fingerprint density at radius 3 is 2.78 bits per heavy atom. The number of anilines is 1. The highest BCUT2D eigenvalue weighted by Gasteiger charge is 2.20. The maximum absolute atomic E-state index is 5.70. The zero-order valence-electron chi connectivity index (χ0n) is 16.5. The number of piperazine rings is 1. The molecule has 0 aromatic heterocycles. The van der Waals surface area contributed by atoms with Gasteiger partial charge in [0.05, 0.1) is 13.2 Å². The Bertz CT molecular complexity index is 585. The van der Waals surface area contributed by atoms with Crippen molar-refractivity contribution in [1.29, 1.82) is 0 Å². The fourth-order valence-corrected chi connectivity index (χ4v) is 3.60. The van der Waals surface area contributed by atoms with Crippen molar-refractivity contribution in [3.05, 3.63) is 24.3 Å². The normalized spacial score (nSPS) is 20.4. The predicted molar refractivity (Wildman–Crippen MR) is 122 cm³/mol. The second-order valence-corrected chi connectivity index (χ2v) is 6.83. The van der Waals surface area contributed by atoms with Crippen molar-refractivity contribution in [3.63, 3.8) is 0 Å². The molecule has 2 aliphatic heterocycles.